The zero-order chi connectivity index (χ0) is 14.8. The summed E-state index contributed by atoms with van der Waals surface area (Å²) in [5, 5.41) is 0.287. The molecule has 0 aromatic heterocycles. The van der Waals surface area contributed by atoms with Crippen molar-refractivity contribution in [2.45, 2.75) is 71.6 Å². The lowest BCUT2D eigenvalue weighted by atomic mass is 9.74. The molecule has 1 heteroatoms. The third-order valence-electron chi connectivity index (χ3n) is 5.06. The first-order valence-electron chi connectivity index (χ1n) is 8.13. The molecule has 112 valence electrons. The lowest BCUT2D eigenvalue weighted by Crippen LogP contribution is -2.31. The Morgan fingerprint density at radius 2 is 1.75 bits per heavy atom. The highest BCUT2D eigenvalue weighted by Gasteiger charge is 2.40. The molecule has 20 heavy (non-hydrogen) atoms. The van der Waals surface area contributed by atoms with Crippen LogP contribution in [0.2, 0.25) is 0 Å². The standard InChI is InChI=1S/C19H29Cl/c1-14(2)13-19(9-5-6-10-19)18(20)12-17-8-7-15(3)16(4)11-17/h7-8,11,14,18H,5-6,9-10,12-13H2,1-4H3. The van der Waals surface area contributed by atoms with Crippen molar-refractivity contribution in [2.75, 3.05) is 0 Å². The largest absolute Gasteiger partial charge is 0.122 e. The van der Waals surface area contributed by atoms with E-state index in [1.165, 1.54) is 48.8 Å². The molecular weight excluding hydrogens is 264 g/mol. The summed E-state index contributed by atoms with van der Waals surface area (Å²) in [6.45, 7) is 9.04. The zero-order valence-corrected chi connectivity index (χ0v) is 14.3. The molecule has 0 heterocycles. The highest BCUT2D eigenvalue weighted by atomic mass is 35.5. The third-order valence-corrected chi connectivity index (χ3v) is 5.68. The summed E-state index contributed by atoms with van der Waals surface area (Å²) in [4.78, 5) is 0. The van der Waals surface area contributed by atoms with E-state index in [-0.39, 0.29) is 5.38 Å². The molecule has 1 fully saturated rings. The predicted molar refractivity (Wildman–Crippen MR) is 89.6 cm³/mol. The maximum atomic E-state index is 6.91. The monoisotopic (exact) mass is 292 g/mol. The number of alkyl halides is 1. The Labute approximate surface area is 129 Å². The summed E-state index contributed by atoms with van der Waals surface area (Å²) >= 11 is 6.91. The van der Waals surface area contributed by atoms with E-state index in [1.54, 1.807) is 0 Å². The van der Waals surface area contributed by atoms with Gasteiger partial charge in [0.2, 0.25) is 0 Å². The summed E-state index contributed by atoms with van der Waals surface area (Å²) in [5.74, 6) is 0.745. The van der Waals surface area contributed by atoms with Crippen molar-refractivity contribution in [1.29, 1.82) is 0 Å². The van der Waals surface area contributed by atoms with Gasteiger partial charge < -0.3 is 0 Å². The van der Waals surface area contributed by atoms with E-state index in [4.69, 9.17) is 11.6 Å². The maximum Gasteiger partial charge on any atom is 0.0432 e. The Kier molecular flexibility index (Phi) is 5.18. The van der Waals surface area contributed by atoms with Gasteiger partial charge in [-0.1, -0.05) is 44.9 Å². The summed E-state index contributed by atoms with van der Waals surface area (Å²) in [7, 11) is 0. The molecule has 0 radical (unpaired) electrons. The van der Waals surface area contributed by atoms with Crippen molar-refractivity contribution >= 4 is 11.6 Å². The first-order valence-corrected chi connectivity index (χ1v) is 8.57. The van der Waals surface area contributed by atoms with Gasteiger partial charge >= 0.3 is 0 Å². The third kappa shape index (κ3) is 3.58. The molecule has 0 N–H and O–H groups in total. The van der Waals surface area contributed by atoms with Crippen LogP contribution >= 0.6 is 11.6 Å². The van der Waals surface area contributed by atoms with Crippen LogP contribution in [0.5, 0.6) is 0 Å². The van der Waals surface area contributed by atoms with Crippen molar-refractivity contribution in [3.8, 4) is 0 Å². The van der Waals surface area contributed by atoms with E-state index < -0.39 is 0 Å². The maximum absolute atomic E-state index is 6.91. The second kappa shape index (κ2) is 6.52. The van der Waals surface area contributed by atoms with Gasteiger partial charge in [-0.2, -0.15) is 0 Å². The molecule has 1 aliphatic rings. The van der Waals surface area contributed by atoms with Gasteiger partial charge in [0.1, 0.15) is 0 Å². The van der Waals surface area contributed by atoms with Crippen molar-refractivity contribution in [3.05, 3.63) is 34.9 Å². The molecule has 0 saturated heterocycles. The normalized spacial score (nSPS) is 19.5. The van der Waals surface area contributed by atoms with E-state index >= 15 is 0 Å². The highest BCUT2D eigenvalue weighted by molar-refractivity contribution is 6.21. The van der Waals surface area contributed by atoms with Crippen LogP contribution in [0, 0.1) is 25.2 Å². The Balaban J connectivity index is 2.12. The Bertz CT molecular complexity index is 441. The second-order valence-corrected chi connectivity index (χ2v) is 7.78. The summed E-state index contributed by atoms with van der Waals surface area (Å²) < 4.78 is 0. The molecule has 0 aliphatic heterocycles. The fraction of sp³-hybridized carbons (Fsp3) is 0.684. The first-order chi connectivity index (χ1) is 9.43. The van der Waals surface area contributed by atoms with Crippen molar-refractivity contribution < 1.29 is 0 Å². The zero-order valence-electron chi connectivity index (χ0n) is 13.5. The second-order valence-electron chi connectivity index (χ2n) is 7.26. The number of aryl methyl sites for hydroxylation is 2. The molecule has 1 aliphatic carbocycles. The molecule has 0 nitrogen and oxygen atoms in total. The molecule has 1 atom stereocenters. The molecule has 2 rings (SSSR count). The van der Waals surface area contributed by atoms with E-state index in [9.17, 15) is 0 Å². The summed E-state index contributed by atoms with van der Waals surface area (Å²) in [6, 6.07) is 6.82. The van der Waals surface area contributed by atoms with Crippen LogP contribution in [0.3, 0.4) is 0 Å². The Morgan fingerprint density at radius 3 is 2.30 bits per heavy atom. The van der Waals surface area contributed by atoms with Crippen LogP contribution < -0.4 is 0 Å². The quantitative estimate of drug-likeness (QED) is 0.579. The molecule has 1 aromatic carbocycles. The Morgan fingerprint density at radius 1 is 1.10 bits per heavy atom. The van der Waals surface area contributed by atoms with Gasteiger partial charge in [-0.15, -0.1) is 11.6 Å². The van der Waals surface area contributed by atoms with Gasteiger partial charge in [0, 0.05) is 5.38 Å². The summed E-state index contributed by atoms with van der Waals surface area (Å²) in [6.07, 6.45) is 7.68. The van der Waals surface area contributed by atoms with Gasteiger partial charge in [0.25, 0.3) is 0 Å². The smallest absolute Gasteiger partial charge is 0.0432 e. The van der Waals surface area contributed by atoms with Crippen molar-refractivity contribution in [2.24, 2.45) is 11.3 Å². The lowest BCUT2D eigenvalue weighted by molar-refractivity contribution is 0.221. The fourth-order valence-corrected chi connectivity index (χ4v) is 4.38. The van der Waals surface area contributed by atoms with Crippen LogP contribution in [0.1, 0.15) is 62.6 Å². The van der Waals surface area contributed by atoms with Gasteiger partial charge in [-0.3, -0.25) is 0 Å². The molecule has 0 amide bonds. The van der Waals surface area contributed by atoms with Crippen LogP contribution in [-0.4, -0.2) is 5.38 Å². The number of hydrogen-bond acceptors (Lipinski definition) is 0. The minimum atomic E-state index is 0.287. The van der Waals surface area contributed by atoms with Crippen molar-refractivity contribution in [1.82, 2.24) is 0 Å². The molecule has 0 bridgehead atoms. The first kappa shape index (κ1) is 15.9. The predicted octanol–water partition coefficient (Wildman–Crippen LogP) is 6.06. The number of hydrogen-bond donors (Lipinski definition) is 0. The van der Waals surface area contributed by atoms with E-state index in [0.29, 0.717) is 5.41 Å². The van der Waals surface area contributed by atoms with E-state index in [2.05, 4.69) is 45.9 Å². The van der Waals surface area contributed by atoms with E-state index in [0.717, 1.165) is 12.3 Å². The average Bonchev–Trinajstić information content (AvgIpc) is 2.83. The molecule has 1 aromatic rings. The molecular formula is C19H29Cl. The van der Waals surface area contributed by atoms with Crippen LogP contribution in [0.25, 0.3) is 0 Å². The number of benzene rings is 1. The van der Waals surface area contributed by atoms with Crippen LogP contribution in [0.15, 0.2) is 18.2 Å². The van der Waals surface area contributed by atoms with Crippen LogP contribution in [0.4, 0.5) is 0 Å². The highest BCUT2D eigenvalue weighted by Crippen LogP contribution is 2.48. The van der Waals surface area contributed by atoms with E-state index in [1.807, 2.05) is 0 Å². The van der Waals surface area contributed by atoms with Gasteiger partial charge in [0.05, 0.1) is 0 Å². The number of halogens is 1. The molecule has 0 spiro atoms. The lowest BCUT2D eigenvalue weighted by Gasteiger charge is -2.36. The summed E-state index contributed by atoms with van der Waals surface area (Å²) in [5.41, 5.74) is 4.55. The minimum Gasteiger partial charge on any atom is -0.122 e. The Hall–Kier alpha value is -0.490. The molecule has 1 unspecified atom stereocenters. The van der Waals surface area contributed by atoms with Gasteiger partial charge in [-0.05, 0) is 67.6 Å². The van der Waals surface area contributed by atoms with Crippen molar-refractivity contribution in [3.63, 3.8) is 0 Å². The fourth-order valence-electron chi connectivity index (χ4n) is 3.89. The van der Waals surface area contributed by atoms with Crippen LogP contribution in [-0.2, 0) is 6.42 Å². The topological polar surface area (TPSA) is 0 Å². The number of rotatable bonds is 5. The van der Waals surface area contributed by atoms with Gasteiger partial charge in [-0.25, -0.2) is 0 Å². The SMILES string of the molecule is Cc1ccc(CC(Cl)C2(CC(C)C)CCCC2)cc1C. The minimum absolute atomic E-state index is 0.287. The average molecular weight is 293 g/mol. The van der Waals surface area contributed by atoms with Gasteiger partial charge in [0.15, 0.2) is 0 Å². The molecule has 1 saturated carbocycles.